The molecule has 3 rings (SSSR count). The van der Waals surface area contributed by atoms with Crippen LogP contribution in [0.25, 0.3) is 0 Å². The van der Waals surface area contributed by atoms with E-state index in [1.165, 1.54) is 17.0 Å². The van der Waals surface area contributed by atoms with Crippen LogP contribution in [0.15, 0.2) is 40.2 Å². The van der Waals surface area contributed by atoms with E-state index in [0.29, 0.717) is 5.69 Å². The standard InChI is InChI=1S/C18H21BrN4O3S/c1-13(18(24)20-14-2-4-15(5-3-14)23(25)26)22-10-8-21(9-11-22)12-16-6-7-17(19)27-16/h2-7,13H,8-12H2,1H3,(H,20,24). The summed E-state index contributed by atoms with van der Waals surface area (Å²) in [6.07, 6.45) is 0. The van der Waals surface area contributed by atoms with Crippen LogP contribution in [0.4, 0.5) is 11.4 Å². The van der Waals surface area contributed by atoms with Crippen LogP contribution in [0.3, 0.4) is 0 Å². The number of nitro groups is 1. The summed E-state index contributed by atoms with van der Waals surface area (Å²) in [4.78, 5) is 28.6. The molecule has 1 saturated heterocycles. The molecule has 9 heteroatoms. The number of benzene rings is 1. The van der Waals surface area contributed by atoms with E-state index in [1.54, 1.807) is 23.5 Å². The molecular weight excluding hydrogens is 432 g/mol. The summed E-state index contributed by atoms with van der Waals surface area (Å²) in [7, 11) is 0. The molecule has 144 valence electrons. The smallest absolute Gasteiger partial charge is 0.269 e. The van der Waals surface area contributed by atoms with Crippen molar-refractivity contribution >= 4 is 44.5 Å². The Morgan fingerprint density at radius 2 is 1.89 bits per heavy atom. The van der Waals surface area contributed by atoms with Crippen LogP contribution in [0, 0.1) is 10.1 Å². The summed E-state index contributed by atoms with van der Waals surface area (Å²) in [6.45, 7) is 6.35. The normalized spacial score (nSPS) is 16.8. The number of piperazine rings is 1. The van der Waals surface area contributed by atoms with Gasteiger partial charge in [0.2, 0.25) is 5.91 Å². The van der Waals surface area contributed by atoms with Gasteiger partial charge in [-0.2, -0.15) is 0 Å². The molecule has 0 saturated carbocycles. The Balaban J connectivity index is 1.48. The number of rotatable bonds is 6. The van der Waals surface area contributed by atoms with Crippen molar-refractivity contribution in [3.8, 4) is 0 Å². The topological polar surface area (TPSA) is 78.7 Å². The lowest BCUT2D eigenvalue weighted by Gasteiger charge is -2.37. The average Bonchev–Trinajstić information content (AvgIpc) is 3.07. The van der Waals surface area contributed by atoms with Gasteiger partial charge in [0.1, 0.15) is 0 Å². The van der Waals surface area contributed by atoms with E-state index in [-0.39, 0.29) is 17.6 Å². The van der Waals surface area contributed by atoms with Crippen molar-refractivity contribution in [2.45, 2.75) is 19.5 Å². The summed E-state index contributed by atoms with van der Waals surface area (Å²) < 4.78 is 1.15. The summed E-state index contributed by atoms with van der Waals surface area (Å²) in [5, 5.41) is 13.5. The monoisotopic (exact) mass is 452 g/mol. The van der Waals surface area contributed by atoms with Crippen molar-refractivity contribution in [2.24, 2.45) is 0 Å². The van der Waals surface area contributed by atoms with E-state index in [2.05, 4.69) is 43.2 Å². The second-order valence-electron chi connectivity index (χ2n) is 6.49. The molecule has 1 fully saturated rings. The highest BCUT2D eigenvalue weighted by Crippen LogP contribution is 2.24. The predicted molar refractivity (Wildman–Crippen MR) is 110 cm³/mol. The van der Waals surface area contributed by atoms with Gasteiger partial charge in [-0.25, -0.2) is 0 Å². The summed E-state index contributed by atoms with van der Waals surface area (Å²) in [5.74, 6) is -0.0977. The molecule has 0 radical (unpaired) electrons. The largest absolute Gasteiger partial charge is 0.325 e. The van der Waals surface area contributed by atoms with Crippen LogP contribution >= 0.6 is 27.3 Å². The molecule has 1 aliphatic rings. The van der Waals surface area contributed by atoms with Crippen molar-refractivity contribution in [1.29, 1.82) is 0 Å². The van der Waals surface area contributed by atoms with Crippen molar-refractivity contribution in [2.75, 3.05) is 31.5 Å². The number of anilines is 1. The van der Waals surface area contributed by atoms with Gasteiger partial charge in [0, 0.05) is 55.4 Å². The van der Waals surface area contributed by atoms with Crippen LogP contribution < -0.4 is 5.32 Å². The zero-order valence-corrected chi connectivity index (χ0v) is 17.3. The molecule has 1 atom stereocenters. The summed E-state index contributed by atoms with van der Waals surface area (Å²) in [6, 6.07) is 9.85. The van der Waals surface area contributed by atoms with Crippen molar-refractivity contribution < 1.29 is 9.72 Å². The van der Waals surface area contributed by atoms with Gasteiger partial charge >= 0.3 is 0 Å². The van der Waals surface area contributed by atoms with Crippen molar-refractivity contribution in [1.82, 2.24) is 9.80 Å². The fourth-order valence-corrected chi connectivity index (χ4v) is 4.57. The quantitative estimate of drug-likeness (QED) is 0.535. The van der Waals surface area contributed by atoms with Crippen LogP contribution in [0.1, 0.15) is 11.8 Å². The number of amides is 1. The maximum absolute atomic E-state index is 12.5. The molecule has 0 aliphatic carbocycles. The minimum atomic E-state index is -0.456. The third-order valence-corrected chi connectivity index (χ3v) is 6.30. The van der Waals surface area contributed by atoms with Gasteiger partial charge in [0.15, 0.2) is 0 Å². The number of halogens is 1. The zero-order chi connectivity index (χ0) is 19.4. The van der Waals surface area contributed by atoms with E-state index < -0.39 is 4.92 Å². The van der Waals surface area contributed by atoms with Crippen molar-refractivity contribution in [3.05, 3.63) is 55.2 Å². The van der Waals surface area contributed by atoms with Crippen LogP contribution in [0.5, 0.6) is 0 Å². The molecule has 1 N–H and O–H groups in total. The molecule has 0 bridgehead atoms. The Morgan fingerprint density at radius 3 is 2.44 bits per heavy atom. The van der Waals surface area contributed by atoms with Crippen LogP contribution in [0.2, 0.25) is 0 Å². The SMILES string of the molecule is CC(C(=O)Nc1ccc([N+](=O)[O-])cc1)N1CCN(Cc2ccc(Br)s2)CC1. The average molecular weight is 453 g/mol. The molecule has 2 heterocycles. The van der Waals surface area contributed by atoms with Gasteiger partial charge in [-0.05, 0) is 47.1 Å². The Morgan fingerprint density at radius 1 is 1.22 bits per heavy atom. The van der Waals surface area contributed by atoms with Gasteiger partial charge in [0.05, 0.1) is 14.8 Å². The van der Waals surface area contributed by atoms with E-state index in [1.807, 2.05) is 6.92 Å². The lowest BCUT2D eigenvalue weighted by molar-refractivity contribution is -0.384. The van der Waals surface area contributed by atoms with Crippen LogP contribution in [-0.2, 0) is 11.3 Å². The number of carbonyl (C=O) groups is 1. The van der Waals surface area contributed by atoms with E-state index in [0.717, 1.165) is 36.5 Å². The Hall–Kier alpha value is -1.81. The number of hydrogen-bond donors (Lipinski definition) is 1. The first-order chi connectivity index (χ1) is 12.9. The van der Waals surface area contributed by atoms with Gasteiger partial charge in [0.25, 0.3) is 5.69 Å². The fourth-order valence-electron chi connectivity index (χ4n) is 3.04. The molecule has 7 nitrogen and oxygen atoms in total. The van der Waals surface area contributed by atoms with Gasteiger partial charge in [-0.1, -0.05) is 0 Å². The molecule has 1 unspecified atom stereocenters. The molecule has 1 amide bonds. The minimum absolute atomic E-state index is 0.00920. The lowest BCUT2D eigenvalue weighted by Crippen LogP contribution is -2.52. The highest BCUT2D eigenvalue weighted by Gasteiger charge is 2.25. The number of hydrogen-bond acceptors (Lipinski definition) is 6. The van der Waals surface area contributed by atoms with E-state index >= 15 is 0 Å². The second kappa shape index (κ2) is 8.92. The van der Waals surface area contributed by atoms with Crippen molar-refractivity contribution in [3.63, 3.8) is 0 Å². The third kappa shape index (κ3) is 5.35. The van der Waals surface area contributed by atoms with Gasteiger partial charge < -0.3 is 5.32 Å². The minimum Gasteiger partial charge on any atom is -0.325 e. The first-order valence-corrected chi connectivity index (χ1v) is 10.3. The van der Waals surface area contributed by atoms with E-state index in [9.17, 15) is 14.9 Å². The number of carbonyl (C=O) groups excluding carboxylic acids is 1. The third-order valence-electron chi connectivity index (χ3n) is 4.69. The Labute approximate surface area is 170 Å². The number of non-ortho nitro benzene ring substituents is 1. The zero-order valence-electron chi connectivity index (χ0n) is 14.9. The molecule has 2 aromatic rings. The maximum atomic E-state index is 12.5. The first-order valence-electron chi connectivity index (χ1n) is 8.68. The molecular formula is C18H21BrN4O3S. The molecule has 1 aromatic heterocycles. The highest BCUT2D eigenvalue weighted by atomic mass is 79.9. The Bertz CT molecular complexity index is 803. The van der Waals surface area contributed by atoms with E-state index in [4.69, 9.17) is 0 Å². The second-order valence-corrected chi connectivity index (χ2v) is 9.03. The number of nitro benzene ring substituents is 1. The fraction of sp³-hybridized carbons (Fsp3) is 0.389. The number of nitrogens with zero attached hydrogens (tertiary/aromatic N) is 3. The number of nitrogens with one attached hydrogen (secondary N) is 1. The predicted octanol–water partition coefficient (Wildman–Crippen LogP) is 3.56. The van der Waals surface area contributed by atoms with Gasteiger partial charge in [-0.15, -0.1) is 11.3 Å². The molecule has 27 heavy (non-hydrogen) atoms. The Kier molecular flexibility index (Phi) is 6.59. The molecule has 1 aromatic carbocycles. The maximum Gasteiger partial charge on any atom is 0.269 e. The molecule has 1 aliphatic heterocycles. The highest BCUT2D eigenvalue weighted by molar-refractivity contribution is 9.11. The lowest BCUT2D eigenvalue weighted by atomic mass is 10.2. The summed E-state index contributed by atoms with van der Waals surface area (Å²) >= 11 is 5.25. The first kappa shape index (κ1) is 19.9. The summed E-state index contributed by atoms with van der Waals surface area (Å²) in [5.41, 5.74) is 0.578. The molecule has 0 spiro atoms. The number of thiophene rings is 1. The van der Waals surface area contributed by atoms with Crippen LogP contribution in [-0.4, -0.2) is 52.9 Å². The van der Waals surface area contributed by atoms with Gasteiger partial charge in [-0.3, -0.25) is 24.7 Å².